The Morgan fingerprint density at radius 3 is 2.61 bits per heavy atom. The van der Waals surface area contributed by atoms with Crippen LogP contribution in [0, 0.1) is 35.0 Å². The Morgan fingerprint density at radius 1 is 1.14 bits per heavy atom. The van der Waals surface area contributed by atoms with Gasteiger partial charge in [-0.1, -0.05) is 0 Å². The first-order valence-corrected chi connectivity index (χ1v) is 13.1. The van der Waals surface area contributed by atoms with Crippen molar-refractivity contribution < 1.29 is 56.7 Å². The van der Waals surface area contributed by atoms with Gasteiger partial charge in [0.1, 0.15) is 30.9 Å². The molecule has 6 aliphatic carbocycles. The van der Waals surface area contributed by atoms with Gasteiger partial charge in [-0.3, -0.25) is 14.6 Å². The van der Waals surface area contributed by atoms with Gasteiger partial charge in [-0.15, -0.1) is 0 Å². The van der Waals surface area contributed by atoms with Crippen LogP contribution in [0.25, 0.3) is 0 Å². The molecule has 7 unspecified atom stereocenters. The van der Waals surface area contributed by atoms with E-state index in [1.165, 1.54) is 0 Å². The van der Waals surface area contributed by atoms with Crippen LogP contribution in [0.1, 0.15) is 51.4 Å². The van der Waals surface area contributed by atoms with Crippen LogP contribution < -0.4 is 5.26 Å². The summed E-state index contributed by atoms with van der Waals surface area (Å²) in [6.45, 7) is -1.54. The molecule has 0 aromatic rings. The Labute approximate surface area is 209 Å². The topological polar surface area (TPSA) is 130 Å². The number of ether oxygens (including phenoxy) is 4. The molecule has 7 rings (SSSR count). The van der Waals surface area contributed by atoms with E-state index in [-0.39, 0.29) is 54.7 Å². The van der Waals surface area contributed by atoms with Crippen molar-refractivity contribution in [2.75, 3.05) is 13.2 Å². The monoisotopic (exact) mass is 533 g/mol. The van der Waals surface area contributed by atoms with Crippen molar-refractivity contribution in [3.05, 3.63) is 0 Å². The minimum atomic E-state index is -3.65. The molecule has 0 N–H and O–H groups in total. The summed E-state index contributed by atoms with van der Waals surface area (Å²) >= 11 is -0.519. The highest BCUT2D eigenvalue weighted by Gasteiger charge is 2.64. The molecule has 0 aromatic heterocycles. The van der Waals surface area contributed by atoms with Crippen LogP contribution in [0.3, 0.4) is 0 Å². The van der Waals surface area contributed by atoms with Crippen LogP contribution in [0.5, 0.6) is 0 Å². The average Bonchev–Trinajstić information content (AvgIpc) is 3.45. The van der Waals surface area contributed by atoms with E-state index in [4.69, 9.17) is 18.9 Å². The summed E-state index contributed by atoms with van der Waals surface area (Å²) in [7, 11) is 0. The van der Waals surface area contributed by atoms with Gasteiger partial charge in [-0.25, -0.2) is 4.79 Å². The molecule has 0 amide bonds. The van der Waals surface area contributed by atoms with Gasteiger partial charge < -0.3 is 24.2 Å². The van der Waals surface area contributed by atoms with E-state index in [9.17, 15) is 28.4 Å². The summed E-state index contributed by atoms with van der Waals surface area (Å²) < 4.78 is 53.5. The third kappa shape index (κ3) is 4.20. The van der Waals surface area contributed by atoms with Crippen LogP contribution >= 0.6 is 12.0 Å². The van der Waals surface area contributed by atoms with E-state index >= 15 is 0 Å². The normalized spacial score (nSPS) is 43.6. The summed E-state index contributed by atoms with van der Waals surface area (Å²) in [6, 6.07) is 0. The SMILES string of the molecule is O=C(COC12CC3CC(C1)CC(C(=O)OCC(F)(F)SOO[O-])(C3)C2)OC1C2CC3C(=O)OC1C3C2. The van der Waals surface area contributed by atoms with Crippen molar-refractivity contribution in [2.24, 2.45) is 35.0 Å². The first-order chi connectivity index (χ1) is 17.1. The molecule has 6 bridgehead atoms. The van der Waals surface area contributed by atoms with E-state index < -0.39 is 53.0 Å². The average molecular weight is 534 g/mol. The lowest BCUT2D eigenvalue weighted by atomic mass is 9.48. The van der Waals surface area contributed by atoms with Gasteiger partial charge in [0, 0.05) is 11.8 Å². The molecule has 7 fully saturated rings. The van der Waals surface area contributed by atoms with Crippen molar-refractivity contribution in [1.82, 2.24) is 0 Å². The summed E-state index contributed by atoms with van der Waals surface area (Å²) in [5.41, 5.74) is -1.68. The number of carbonyl (C=O) groups excluding carboxylic acids is 3. The van der Waals surface area contributed by atoms with Gasteiger partial charge in [-0.2, -0.15) is 13.1 Å². The Bertz CT molecular complexity index is 932. The third-order valence-corrected chi connectivity index (χ3v) is 9.66. The zero-order valence-corrected chi connectivity index (χ0v) is 20.2. The minimum Gasteiger partial charge on any atom is -0.691 e. The molecule has 13 heteroatoms. The number of alkyl halides is 2. The molecule has 10 nitrogen and oxygen atoms in total. The van der Waals surface area contributed by atoms with E-state index in [0.717, 1.165) is 12.8 Å². The molecule has 0 radical (unpaired) electrons. The van der Waals surface area contributed by atoms with Gasteiger partial charge in [0.15, 0.2) is 6.61 Å². The van der Waals surface area contributed by atoms with Crippen molar-refractivity contribution in [3.8, 4) is 0 Å². The molecule has 1 saturated heterocycles. The standard InChI is InChI=1S/C23H28F2O10S/c24-23(25,36-35-34-29)10-30-20(28)21-4-11-1-12(5-21)7-22(6-11,9-21)31-8-16(26)32-17-13-2-14-15(3-13)19(27)33-18(14)17/h11-15,17-18,29H,1-10H2/p-1. The Morgan fingerprint density at radius 2 is 1.89 bits per heavy atom. The van der Waals surface area contributed by atoms with Gasteiger partial charge >= 0.3 is 23.2 Å². The molecular formula is C23H27F2O10S-. The van der Waals surface area contributed by atoms with Crippen LogP contribution in [-0.4, -0.2) is 54.2 Å². The first-order valence-electron chi connectivity index (χ1n) is 12.3. The Kier molecular flexibility index (Phi) is 6.03. The highest BCUT2D eigenvalue weighted by molar-refractivity contribution is 7.95. The molecule has 1 heterocycles. The number of esters is 3. The Hall–Kier alpha value is -1.54. The molecule has 1 aliphatic heterocycles. The number of halogens is 2. The molecule has 36 heavy (non-hydrogen) atoms. The molecule has 200 valence electrons. The minimum absolute atomic E-state index is 0.0692. The number of fused-ring (bicyclic) bond motifs is 1. The second-order valence-corrected chi connectivity index (χ2v) is 12.4. The maximum atomic E-state index is 13.8. The lowest BCUT2D eigenvalue weighted by molar-refractivity contribution is -0.777. The number of carbonyl (C=O) groups is 3. The molecule has 7 aliphatic rings. The van der Waals surface area contributed by atoms with E-state index in [0.29, 0.717) is 32.1 Å². The molecule has 0 aromatic carbocycles. The molecule has 7 atom stereocenters. The molecule has 0 spiro atoms. The lowest BCUT2D eigenvalue weighted by Crippen LogP contribution is -2.60. The maximum Gasteiger partial charge on any atom is 0.354 e. The predicted octanol–water partition coefficient (Wildman–Crippen LogP) is 1.84. The van der Waals surface area contributed by atoms with E-state index in [2.05, 4.69) is 9.37 Å². The Balaban J connectivity index is 1.07. The van der Waals surface area contributed by atoms with Gasteiger partial charge in [0.2, 0.25) is 0 Å². The van der Waals surface area contributed by atoms with Crippen LogP contribution in [0.2, 0.25) is 0 Å². The van der Waals surface area contributed by atoms with Gasteiger partial charge in [0.05, 0.1) is 16.9 Å². The van der Waals surface area contributed by atoms with Crippen molar-refractivity contribution in [3.63, 3.8) is 0 Å². The highest BCUT2D eigenvalue weighted by atomic mass is 32.2. The second kappa shape index (κ2) is 8.75. The summed E-state index contributed by atoms with van der Waals surface area (Å²) in [6.07, 6.45) is 4.32. The van der Waals surface area contributed by atoms with Crippen LogP contribution in [-0.2, 0) is 42.7 Å². The summed E-state index contributed by atoms with van der Waals surface area (Å²) in [4.78, 5) is 37.7. The van der Waals surface area contributed by atoms with E-state index in [1.54, 1.807) is 0 Å². The lowest BCUT2D eigenvalue weighted by Gasteiger charge is -2.60. The fraction of sp³-hybridized carbons (Fsp3) is 0.870. The third-order valence-electron chi connectivity index (χ3n) is 9.17. The smallest absolute Gasteiger partial charge is 0.354 e. The van der Waals surface area contributed by atoms with E-state index in [1.807, 2.05) is 0 Å². The maximum absolute atomic E-state index is 13.8. The zero-order valence-electron chi connectivity index (χ0n) is 19.4. The fourth-order valence-corrected chi connectivity index (χ4v) is 8.67. The van der Waals surface area contributed by atoms with Gasteiger partial charge in [-0.05, 0) is 63.2 Å². The fourth-order valence-electron chi connectivity index (χ4n) is 8.44. The van der Waals surface area contributed by atoms with Crippen LogP contribution in [0.15, 0.2) is 0 Å². The number of rotatable bonds is 10. The second-order valence-electron chi connectivity index (χ2n) is 11.5. The quantitative estimate of drug-likeness (QED) is 0.134. The molecular weight excluding hydrogens is 506 g/mol. The zero-order chi connectivity index (χ0) is 25.3. The highest BCUT2D eigenvalue weighted by Crippen LogP contribution is 2.63. The van der Waals surface area contributed by atoms with Crippen molar-refractivity contribution in [1.29, 1.82) is 0 Å². The molecule has 6 saturated carbocycles. The predicted molar refractivity (Wildman–Crippen MR) is 111 cm³/mol. The first kappa shape index (κ1) is 24.8. The van der Waals surface area contributed by atoms with Gasteiger partial charge in [0.25, 0.3) is 0 Å². The van der Waals surface area contributed by atoms with Crippen LogP contribution in [0.4, 0.5) is 8.78 Å². The summed E-state index contributed by atoms with van der Waals surface area (Å²) in [5, 5.41) is 9.10. The summed E-state index contributed by atoms with van der Waals surface area (Å²) in [5.74, 6) is -0.937. The van der Waals surface area contributed by atoms with Crippen molar-refractivity contribution >= 4 is 30.0 Å². The van der Waals surface area contributed by atoms with Crippen molar-refractivity contribution in [2.45, 2.75) is 74.4 Å². The largest absolute Gasteiger partial charge is 0.691 e. The number of hydrogen-bond donors (Lipinski definition) is 0. The number of hydrogen-bond acceptors (Lipinski definition) is 11.